The second-order valence-electron chi connectivity index (χ2n) is 6.35. The van der Waals surface area contributed by atoms with Crippen LogP contribution in [-0.2, 0) is 5.41 Å². The van der Waals surface area contributed by atoms with Crippen LogP contribution in [0.4, 0.5) is 5.82 Å². The maximum Gasteiger partial charge on any atom is 0.137 e. The molecule has 0 unspecified atom stereocenters. The lowest BCUT2D eigenvalue weighted by molar-refractivity contribution is 0.538. The van der Waals surface area contributed by atoms with E-state index in [4.69, 9.17) is 4.98 Å². The molecular formula is C15H25N3S. The van der Waals surface area contributed by atoms with Gasteiger partial charge in [-0.15, -0.1) is 11.8 Å². The molecule has 1 aromatic heterocycles. The van der Waals surface area contributed by atoms with Gasteiger partial charge in [0.2, 0.25) is 0 Å². The Morgan fingerprint density at radius 1 is 1.16 bits per heavy atom. The summed E-state index contributed by atoms with van der Waals surface area (Å²) in [6.45, 7) is 8.62. The van der Waals surface area contributed by atoms with Crippen molar-refractivity contribution in [2.75, 3.05) is 12.4 Å². The first kappa shape index (κ1) is 14.6. The number of hydrogen-bond donors (Lipinski definition) is 1. The van der Waals surface area contributed by atoms with Crippen molar-refractivity contribution < 1.29 is 0 Å². The molecule has 0 aliphatic heterocycles. The van der Waals surface area contributed by atoms with E-state index in [9.17, 15) is 0 Å². The number of rotatable bonds is 3. The minimum Gasteiger partial charge on any atom is -0.373 e. The molecule has 1 fully saturated rings. The van der Waals surface area contributed by atoms with Gasteiger partial charge in [-0.05, 0) is 19.8 Å². The van der Waals surface area contributed by atoms with Crippen LogP contribution in [-0.4, -0.2) is 22.3 Å². The highest BCUT2D eigenvalue weighted by atomic mass is 32.2. The van der Waals surface area contributed by atoms with E-state index in [0.29, 0.717) is 0 Å². The maximum atomic E-state index is 4.83. The Hall–Kier alpha value is -0.770. The van der Waals surface area contributed by atoms with Crippen molar-refractivity contribution in [1.29, 1.82) is 0 Å². The quantitative estimate of drug-likeness (QED) is 0.843. The first-order chi connectivity index (χ1) is 8.91. The molecule has 1 aromatic rings. The van der Waals surface area contributed by atoms with E-state index in [0.717, 1.165) is 21.9 Å². The average Bonchev–Trinajstić information content (AvgIpc) is 2.83. The van der Waals surface area contributed by atoms with Gasteiger partial charge in [0.05, 0.1) is 0 Å². The van der Waals surface area contributed by atoms with E-state index < -0.39 is 0 Å². The summed E-state index contributed by atoms with van der Waals surface area (Å²) in [6, 6.07) is 0. The van der Waals surface area contributed by atoms with Gasteiger partial charge in [0.15, 0.2) is 0 Å². The molecular weight excluding hydrogens is 254 g/mol. The van der Waals surface area contributed by atoms with E-state index in [-0.39, 0.29) is 5.41 Å². The van der Waals surface area contributed by atoms with Crippen molar-refractivity contribution in [3.8, 4) is 0 Å². The lowest BCUT2D eigenvalue weighted by Crippen LogP contribution is -2.18. The fraction of sp³-hybridized carbons (Fsp3) is 0.733. The third kappa shape index (κ3) is 3.41. The Morgan fingerprint density at radius 2 is 1.79 bits per heavy atom. The second kappa shape index (κ2) is 5.70. The highest BCUT2D eigenvalue weighted by Crippen LogP contribution is 2.37. The van der Waals surface area contributed by atoms with Gasteiger partial charge in [-0.1, -0.05) is 33.6 Å². The first-order valence-corrected chi connectivity index (χ1v) is 8.03. The van der Waals surface area contributed by atoms with Crippen molar-refractivity contribution in [3.05, 3.63) is 11.4 Å². The predicted octanol–water partition coefficient (Wildman–Crippen LogP) is 4.16. The van der Waals surface area contributed by atoms with Crippen LogP contribution in [0, 0.1) is 6.92 Å². The fourth-order valence-electron chi connectivity index (χ4n) is 2.35. The van der Waals surface area contributed by atoms with Crippen LogP contribution in [0.2, 0.25) is 0 Å². The Kier molecular flexibility index (Phi) is 4.39. The van der Waals surface area contributed by atoms with Gasteiger partial charge in [-0.25, -0.2) is 9.97 Å². The van der Waals surface area contributed by atoms with E-state index in [1.165, 1.54) is 31.2 Å². The van der Waals surface area contributed by atoms with Crippen LogP contribution < -0.4 is 5.32 Å². The van der Waals surface area contributed by atoms with Crippen LogP contribution in [0.5, 0.6) is 0 Å². The molecule has 106 valence electrons. The maximum absolute atomic E-state index is 4.83. The normalized spacial score (nSPS) is 16.9. The van der Waals surface area contributed by atoms with Gasteiger partial charge in [-0.3, -0.25) is 0 Å². The molecule has 0 saturated heterocycles. The Balaban J connectivity index is 2.34. The number of aromatic nitrogens is 2. The summed E-state index contributed by atoms with van der Waals surface area (Å²) in [5.74, 6) is 1.91. The highest BCUT2D eigenvalue weighted by molar-refractivity contribution is 7.99. The SMILES string of the molecule is CNc1nc(C(C)(C)C)nc(SC2CCCC2)c1C. The summed E-state index contributed by atoms with van der Waals surface area (Å²) in [7, 11) is 1.94. The van der Waals surface area contributed by atoms with Crippen molar-refractivity contribution >= 4 is 17.6 Å². The largest absolute Gasteiger partial charge is 0.373 e. The molecule has 1 N–H and O–H groups in total. The zero-order chi connectivity index (χ0) is 14.0. The summed E-state index contributed by atoms with van der Waals surface area (Å²) in [5.41, 5.74) is 1.18. The molecule has 0 amide bonds. The monoisotopic (exact) mass is 279 g/mol. The Labute approximate surface area is 121 Å². The molecule has 3 nitrogen and oxygen atoms in total. The molecule has 0 aromatic carbocycles. The molecule has 0 bridgehead atoms. The number of anilines is 1. The van der Waals surface area contributed by atoms with E-state index >= 15 is 0 Å². The third-order valence-corrected chi connectivity index (χ3v) is 5.01. The predicted molar refractivity (Wildman–Crippen MR) is 83.1 cm³/mol. The number of hydrogen-bond acceptors (Lipinski definition) is 4. The fourth-order valence-corrected chi connectivity index (χ4v) is 3.65. The molecule has 0 spiro atoms. The highest BCUT2D eigenvalue weighted by Gasteiger charge is 2.23. The van der Waals surface area contributed by atoms with E-state index in [2.05, 4.69) is 38.0 Å². The molecule has 0 radical (unpaired) electrons. The summed E-state index contributed by atoms with van der Waals surface area (Å²) >= 11 is 1.95. The number of nitrogens with zero attached hydrogens (tertiary/aromatic N) is 2. The van der Waals surface area contributed by atoms with Gasteiger partial charge in [0, 0.05) is 23.3 Å². The molecule has 1 heterocycles. The Morgan fingerprint density at radius 3 is 2.32 bits per heavy atom. The molecule has 2 rings (SSSR count). The molecule has 4 heteroatoms. The van der Waals surface area contributed by atoms with Gasteiger partial charge in [0.25, 0.3) is 0 Å². The molecule has 1 aliphatic rings. The minimum atomic E-state index is -0.00964. The number of thioether (sulfide) groups is 1. The first-order valence-electron chi connectivity index (χ1n) is 7.15. The zero-order valence-electron chi connectivity index (χ0n) is 12.7. The molecule has 19 heavy (non-hydrogen) atoms. The molecule has 0 atom stereocenters. The van der Waals surface area contributed by atoms with Crippen molar-refractivity contribution in [2.24, 2.45) is 0 Å². The van der Waals surface area contributed by atoms with Crippen LogP contribution in [0.15, 0.2) is 5.03 Å². The lowest BCUT2D eigenvalue weighted by atomic mass is 9.95. The summed E-state index contributed by atoms with van der Waals surface area (Å²) < 4.78 is 0. The summed E-state index contributed by atoms with van der Waals surface area (Å²) in [5, 5.41) is 5.11. The summed E-state index contributed by atoms with van der Waals surface area (Å²) in [4.78, 5) is 9.49. The minimum absolute atomic E-state index is 0.00964. The van der Waals surface area contributed by atoms with Crippen molar-refractivity contribution in [2.45, 2.75) is 69.1 Å². The van der Waals surface area contributed by atoms with Crippen molar-refractivity contribution in [1.82, 2.24) is 9.97 Å². The Bertz CT molecular complexity index is 445. The van der Waals surface area contributed by atoms with Crippen LogP contribution in [0.25, 0.3) is 0 Å². The lowest BCUT2D eigenvalue weighted by Gasteiger charge is -2.21. The second-order valence-corrected chi connectivity index (χ2v) is 7.64. The van der Waals surface area contributed by atoms with Crippen LogP contribution >= 0.6 is 11.8 Å². The van der Waals surface area contributed by atoms with Gasteiger partial charge >= 0.3 is 0 Å². The zero-order valence-corrected chi connectivity index (χ0v) is 13.5. The molecule has 1 aliphatic carbocycles. The van der Waals surface area contributed by atoms with Crippen LogP contribution in [0.3, 0.4) is 0 Å². The smallest absolute Gasteiger partial charge is 0.137 e. The van der Waals surface area contributed by atoms with Gasteiger partial charge < -0.3 is 5.32 Å². The van der Waals surface area contributed by atoms with Crippen molar-refractivity contribution in [3.63, 3.8) is 0 Å². The van der Waals surface area contributed by atoms with E-state index in [1.54, 1.807) is 0 Å². The van der Waals surface area contributed by atoms with E-state index in [1.807, 2.05) is 18.8 Å². The topological polar surface area (TPSA) is 37.8 Å². The molecule has 1 saturated carbocycles. The third-order valence-electron chi connectivity index (χ3n) is 3.59. The van der Waals surface area contributed by atoms with Gasteiger partial charge in [-0.2, -0.15) is 0 Å². The summed E-state index contributed by atoms with van der Waals surface area (Å²) in [6.07, 6.45) is 5.39. The standard InChI is InChI=1S/C15H25N3S/c1-10-12(16-5)17-14(15(2,3)4)18-13(10)19-11-8-6-7-9-11/h11H,6-9H2,1-5H3,(H,16,17,18). The van der Waals surface area contributed by atoms with Crippen LogP contribution in [0.1, 0.15) is 57.8 Å². The number of nitrogens with one attached hydrogen (secondary N) is 1. The van der Waals surface area contributed by atoms with Gasteiger partial charge in [0.1, 0.15) is 16.7 Å². The average molecular weight is 279 g/mol.